The van der Waals surface area contributed by atoms with E-state index in [9.17, 15) is 8.76 Å². The minimum atomic E-state index is -3.57. The van der Waals surface area contributed by atoms with Gasteiger partial charge in [-0.1, -0.05) is 4.21 Å². The van der Waals surface area contributed by atoms with Crippen LogP contribution >= 0.6 is 0 Å². The largest absolute Gasteiger partial charge is 0.593 e. The fraction of sp³-hybridized carbons (Fsp3) is 0.643. The van der Waals surface area contributed by atoms with Crippen LogP contribution in [0.5, 0.6) is 5.75 Å². The van der Waals surface area contributed by atoms with Crippen molar-refractivity contribution in [1.29, 1.82) is 0 Å². The van der Waals surface area contributed by atoms with Crippen LogP contribution in [-0.4, -0.2) is 46.2 Å². The maximum atomic E-state index is 12.5. The number of ether oxygens (including phenoxy) is 1. The molecule has 1 saturated heterocycles. The Morgan fingerprint density at radius 1 is 1.57 bits per heavy atom. The number of rotatable bonds is 2. The van der Waals surface area contributed by atoms with Crippen molar-refractivity contribution in [2.45, 2.75) is 29.7 Å². The zero-order chi connectivity index (χ0) is 14.5. The second-order valence-corrected chi connectivity index (χ2v) is 8.08. The van der Waals surface area contributed by atoms with Gasteiger partial charge in [0.2, 0.25) is 4.90 Å². The molecule has 1 aliphatic carbocycles. The summed E-state index contributed by atoms with van der Waals surface area (Å²) < 4.78 is 33.7. The minimum absolute atomic E-state index is 0.141. The fourth-order valence-corrected chi connectivity index (χ4v) is 4.75. The molecule has 7 heteroatoms. The van der Waals surface area contributed by atoms with E-state index in [0.717, 1.165) is 32.0 Å². The van der Waals surface area contributed by atoms with Gasteiger partial charge in [-0.15, -0.1) is 4.72 Å². The fourth-order valence-electron chi connectivity index (χ4n) is 3.25. The molecule has 114 valence electrons. The number of likely N-dealkylation sites (tertiary alicyclic amines) is 1. The molecule has 1 aromatic rings. The van der Waals surface area contributed by atoms with Crippen molar-refractivity contribution in [2.24, 2.45) is 5.92 Å². The molecule has 1 saturated carbocycles. The number of aromatic nitrogens is 1. The lowest BCUT2D eigenvalue weighted by atomic mass is 10.0. The summed E-state index contributed by atoms with van der Waals surface area (Å²) in [6, 6.07) is 1.62. The van der Waals surface area contributed by atoms with Crippen molar-refractivity contribution in [3.63, 3.8) is 0 Å². The predicted molar refractivity (Wildman–Crippen MR) is 76.5 cm³/mol. The SMILES string of the molecule is O=[S+]1([O-])NC2(CCN(CC3CC3)C2)COc2ccncc21. The first-order valence-corrected chi connectivity index (χ1v) is 8.88. The molecule has 4 rings (SSSR count). The van der Waals surface area contributed by atoms with Crippen LogP contribution in [0, 0.1) is 5.92 Å². The lowest BCUT2D eigenvalue weighted by molar-refractivity contribution is 0.198. The first-order valence-electron chi connectivity index (χ1n) is 7.40. The molecule has 3 heterocycles. The monoisotopic (exact) mass is 309 g/mol. The second-order valence-electron chi connectivity index (χ2n) is 6.43. The highest BCUT2D eigenvalue weighted by Gasteiger charge is 2.48. The molecule has 2 fully saturated rings. The van der Waals surface area contributed by atoms with Crippen molar-refractivity contribution >= 4 is 10.4 Å². The van der Waals surface area contributed by atoms with E-state index in [-0.39, 0.29) is 4.90 Å². The second kappa shape index (κ2) is 4.74. The van der Waals surface area contributed by atoms with Crippen LogP contribution in [0.25, 0.3) is 0 Å². The zero-order valence-electron chi connectivity index (χ0n) is 11.8. The number of fused-ring (bicyclic) bond motifs is 1. The van der Waals surface area contributed by atoms with Gasteiger partial charge < -0.3 is 14.2 Å². The molecule has 0 bridgehead atoms. The van der Waals surface area contributed by atoms with Crippen molar-refractivity contribution in [3.05, 3.63) is 18.5 Å². The number of hydrogen-bond donors (Lipinski definition) is 1. The van der Waals surface area contributed by atoms with E-state index in [2.05, 4.69) is 14.6 Å². The predicted octanol–water partition coefficient (Wildman–Crippen LogP) is 0.822. The van der Waals surface area contributed by atoms with E-state index in [0.29, 0.717) is 12.4 Å². The Hall–Kier alpha value is -1.02. The van der Waals surface area contributed by atoms with Crippen LogP contribution in [0.2, 0.25) is 0 Å². The van der Waals surface area contributed by atoms with Crippen LogP contribution in [0.4, 0.5) is 0 Å². The van der Waals surface area contributed by atoms with Gasteiger partial charge in [-0.2, -0.15) is 0 Å². The Balaban J connectivity index is 1.58. The number of hydrogen-bond acceptors (Lipinski definition) is 5. The molecular weight excluding hydrogens is 290 g/mol. The van der Waals surface area contributed by atoms with E-state index in [4.69, 9.17) is 4.74 Å². The Bertz CT molecular complexity index is 607. The molecule has 1 N–H and O–H groups in total. The van der Waals surface area contributed by atoms with Crippen LogP contribution in [0.1, 0.15) is 19.3 Å². The molecule has 1 aromatic heterocycles. The molecular formula is C14H19N3O3S. The molecule has 0 aromatic carbocycles. The lowest BCUT2D eigenvalue weighted by Crippen LogP contribution is -2.54. The molecule has 6 nitrogen and oxygen atoms in total. The van der Waals surface area contributed by atoms with Crippen LogP contribution < -0.4 is 9.46 Å². The van der Waals surface area contributed by atoms with Gasteiger partial charge in [0.25, 0.3) is 0 Å². The van der Waals surface area contributed by atoms with E-state index in [1.807, 2.05) is 0 Å². The Kier molecular flexibility index (Phi) is 3.08. The molecule has 2 unspecified atom stereocenters. The minimum Gasteiger partial charge on any atom is -0.593 e. The third kappa shape index (κ3) is 2.59. The molecule has 0 amide bonds. The van der Waals surface area contributed by atoms with E-state index in [1.54, 1.807) is 12.3 Å². The van der Waals surface area contributed by atoms with Gasteiger partial charge in [0.15, 0.2) is 16.1 Å². The van der Waals surface area contributed by atoms with Crippen LogP contribution in [0.15, 0.2) is 23.4 Å². The average Bonchev–Trinajstić information content (AvgIpc) is 3.19. The lowest BCUT2D eigenvalue weighted by Gasteiger charge is -2.28. The number of sulfonamides is 1. The zero-order valence-corrected chi connectivity index (χ0v) is 12.6. The summed E-state index contributed by atoms with van der Waals surface area (Å²) in [6.07, 6.45) is 6.32. The standard InChI is InChI=1S/C14H19N3O3S/c18-21(19)13-7-15-5-3-12(13)20-10-14(16-21)4-6-17(9-14)8-11-1-2-11/h3,5,7,11H,1-2,4,6,8-10H2,(H-,16,18,19). The topological polar surface area (TPSA) is 77.5 Å². The maximum Gasteiger partial charge on any atom is 0.235 e. The molecule has 2 aliphatic heterocycles. The van der Waals surface area contributed by atoms with Gasteiger partial charge in [-0.25, -0.2) is 0 Å². The molecule has 2 atom stereocenters. The summed E-state index contributed by atoms with van der Waals surface area (Å²) in [5.74, 6) is 1.21. The van der Waals surface area contributed by atoms with Crippen LogP contribution in [-0.2, 0) is 14.6 Å². The maximum absolute atomic E-state index is 12.5. The number of nitrogens with zero attached hydrogens (tertiary/aromatic N) is 2. The summed E-state index contributed by atoms with van der Waals surface area (Å²) in [5, 5.41) is 0. The Labute approximate surface area is 125 Å². The van der Waals surface area contributed by atoms with Gasteiger partial charge in [-0.05, 0) is 25.2 Å². The van der Waals surface area contributed by atoms with Crippen molar-refractivity contribution in [2.75, 3.05) is 26.2 Å². The number of pyridine rings is 1. The average molecular weight is 309 g/mol. The highest BCUT2D eigenvalue weighted by atomic mass is 32.3. The third-order valence-corrected chi connectivity index (χ3v) is 6.12. The van der Waals surface area contributed by atoms with Gasteiger partial charge in [0, 0.05) is 31.9 Å². The van der Waals surface area contributed by atoms with Gasteiger partial charge in [0.05, 0.1) is 6.20 Å². The normalized spacial score (nSPS) is 36.2. The first-order chi connectivity index (χ1) is 10.1. The summed E-state index contributed by atoms with van der Waals surface area (Å²) in [6.45, 7) is 3.11. The summed E-state index contributed by atoms with van der Waals surface area (Å²) >= 11 is 0. The van der Waals surface area contributed by atoms with E-state index in [1.165, 1.54) is 19.0 Å². The van der Waals surface area contributed by atoms with E-state index >= 15 is 0 Å². The van der Waals surface area contributed by atoms with Crippen molar-refractivity contribution < 1.29 is 13.5 Å². The van der Waals surface area contributed by atoms with Crippen LogP contribution in [0.3, 0.4) is 0 Å². The summed E-state index contributed by atoms with van der Waals surface area (Å²) in [7, 11) is -3.57. The molecule has 0 radical (unpaired) electrons. The Morgan fingerprint density at radius 3 is 3.24 bits per heavy atom. The van der Waals surface area contributed by atoms with Crippen molar-refractivity contribution in [3.8, 4) is 5.75 Å². The highest BCUT2D eigenvalue weighted by molar-refractivity contribution is 7.96. The van der Waals surface area contributed by atoms with E-state index < -0.39 is 15.9 Å². The Morgan fingerprint density at radius 2 is 2.43 bits per heavy atom. The van der Waals surface area contributed by atoms with Crippen molar-refractivity contribution in [1.82, 2.24) is 14.6 Å². The molecule has 21 heavy (non-hydrogen) atoms. The quantitative estimate of drug-likeness (QED) is 0.819. The van der Waals surface area contributed by atoms with Gasteiger partial charge >= 0.3 is 0 Å². The summed E-state index contributed by atoms with van der Waals surface area (Å²) in [4.78, 5) is 6.40. The third-order valence-electron chi connectivity index (χ3n) is 4.54. The molecule has 3 aliphatic rings. The smallest absolute Gasteiger partial charge is 0.235 e. The van der Waals surface area contributed by atoms with Gasteiger partial charge in [0.1, 0.15) is 12.1 Å². The molecule has 1 spiro atoms. The highest BCUT2D eigenvalue weighted by Crippen LogP contribution is 2.36. The summed E-state index contributed by atoms with van der Waals surface area (Å²) in [5.41, 5.74) is -0.507. The first kappa shape index (κ1) is 13.6. The number of nitrogens with one attached hydrogen (secondary N) is 1. The van der Waals surface area contributed by atoms with Gasteiger partial charge in [-0.3, -0.25) is 4.98 Å².